The number of benzene rings is 1. The van der Waals surface area contributed by atoms with Gasteiger partial charge in [0.15, 0.2) is 11.5 Å². The van der Waals surface area contributed by atoms with E-state index >= 15 is 0 Å². The molecule has 4 rings (SSSR count). The lowest BCUT2D eigenvalue weighted by Crippen LogP contribution is -2.23. The lowest BCUT2D eigenvalue weighted by Gasteiger charge is -2.10. The van der Waals surface area contributed by atoms with Crippen LogP contribution >= 0.6 is 11.3 Å². The molecule has 1 aromatic carbocycles. The van der Waals surface area contributed by atoms with Crippen LogP contribution in [0.5, 0.6) is 11.5 Å². The zero-order chi connectivity index (χ0) is 19.8. The van der Waals surface area contributed by atoms with Gasteiger partial charge in [-0.3, -0.25) is 14.2 Å². The van der Waals surface area contributed by atoms with Crippen molar-refractivity contribution >= 4 is 27.5 Å². The van der Waals surface area contributed by atoms with Crippen LogP contribution in [0.1, 0.15) is 33.0 Å². The van der Waals surface area contributed by atoms with Crippen LogP contribution in [0.3, 0.4) is 0 Å². The Morgan fingerprint density at radius 3 is 2.82 bits per heavy atom. The molecule has 8 heteroatoms. The summed E-state index contributed by atoms with van der Waals surface area (Å²) in [5.41, 5.74) is 1.55. The highest BCUT2D eigenvalue weighted by Gasteiger charge is 2.23. The first-order valence-electron chi connectivity index (χ1n) is 9.05. The Bertz CT molecular complexity index is 1130. The Balaban J connectivity index is 1.59. The minimum atomic E-state index is -0.208. The Labute approximate surface area is 165 Å². The number of thiophene rings is 1. The summed E-state index contributed by atoms with van der Waals surface area (Å²) in [7, 11) is 3.15. The highest BCUT2D eigenvalue weighted by molar-refractivity contribution is 7.20. The minimum Gasteiger partial charge on any atom is -0.493 e. The molecule has 0 spiro atoms. The van der Waals surface area contributed by atoms with Gasteiger partial charge in [0.25, 0.3) is 11.5 Å². The van der Waals surface area contributed by atoms with E-state index in [-0.39, 0.29) is 11.5 Å². The standard InChI is InChI=1S/C20H21N3O4S/c1-11-16-19(22-15-5-4-8-23(15)20(16)25)28-17(11)18(24)21-10-12-6-7-13(26-2)14(9-12)27-3/h6-7,9H,4-5,8,10H2,1-3H3,(H,21,24). The van der Waals surface area contributed by atoms with Crippen LogP contribution in [-0.4, -0.2) is 29.7 Å². The van der Waals surface area contributed by atoms with Crippen LogP contribution in [-0.2, 0) is 19.5 Å². The van der Waals surface area contributed by atoms with E-state index in [2.05, 4.69) is 10.3 Å². The lowest BCUT2D eigenvalue weighted by atomic mass is 10.2. The SMILES string of the molecule is COc1ccc(CNC(=O)c2sc3nc4n(c(=O)c3c2C)CCC4)cc1OC. The van der Waals surface area contributed by atoms with Gasteiger partial charge < -0.3 is 14.8 Å². The van der Waals surface area contributed by atoms with Gasteiger partial charge in [-0.15, -0.1) is 11.3 Å². The molecular formula is C20H21N3O4S. The van der Waals surface area contributed by atoms with Crippen molar-refractivity contribution in [3.8, 4) is 11.5 Å². The fraction of sp³-hybridized carbons (Fsp3) is 0.350. The minimum absolute atomic E-state index is 0.0369. The zero-order valence-electron chi connectivity index (χ0n) is 16.0. The van der Waals surface area contributed by atoms with Crippen LogP contribution in [0.2, 0.25) is 0 Å². The van der Waals surface area contributed by atoms with E-state index < -0.39 is 0 Å². The van der Waals surface area contributed by atoms with Gasteiger partial charge in [0.1, 0.15) is 10.7 Å². The fourth-order valence-corrected chi connectivity index (χ4v) is 4.65. The summed E-state index contributed by atoms with van der Waals surface area (Å²) >= 11 is 1.28. The molecule has 0 unspecified atom stereocenters. The van der Waals surface area contributed by atoms with Crippen LogP contribution in [0, 0.1) is 6.92 Å². The number of aryl methyl sites for hydroxylation is 2. The van der Waals surface area contributed by atoms with E-state index in [1.807, 2.05) is 19.1 Å². The van der Waals surface area contributed by atoms with E-state index in [4.69, 9.17) is 9.47 Å². The van der Waals surface area contributed by atoms with Gasteiger partial charge in [-0.2, -0.15) is 0 Å². The van der Waals surface area contributed by atoms with Gasteiger partial charge in [-0.1, -0.05) is 6.07 Å². The smallest absolute Gasteiger partial charge is 0.262 e. The molecule has 3 heterocycles. The molecule has 0 atom stereocenters. The number of hydrogen-bond acceptors (Lipinski definition) is 6. The number of amides is 1. The summed E-state index contributed by atoms with van der Waals surface area (Å²) < 4.78 is 12.3. The molecule has 0 saturated heterocycles. The van der Waals surface area contributed by atoms with Crippen molar-refractivity contribution in [3.63, 3.8) is 0 Å². The van der Waals surface area contributed by atoms with Gasteiger partial charge in [0, 0.05) is 19.5 Å². The van der Waals surface area contributed by atoms with Crippen LogP contribution in [0.4, 0.5) is 0 Å². The van der Waals surface area contributed by atoms with Crippen molar-refractivity contribution in [1.82, 2.24) is 14.9 Å². The van der Waals surface area contributed by atoms with Crippen LogP contribution < -0.4 is 20.3 Å². The third kappa shape index (κ3) is 3.03. The number of carbonyl (C=O) groups excluding carboxylic acids is 1. The normalized spacial score (nSPS) is 12.8. The first kappa shape index (κ1) is 18.5. The zero-order valence-corrected chi connectivity index (χ0v) is 16.8. The van der Waals surface area contributed by atoms with E-state index in [0.717, 1.165) is 24.2 Å². The molecule has 0 bridgehead atoms. The summed E-state index contributed by atoms with van der Waals surface area (Å²) in [5, 5.41) is 3.48. The molecule has 0 fully saturated rings. The van der Waals surface area contributed by atoms with Crippen molar-refractivity contribution in [1.29, 1.82) is 0 Å². The number of nitrogens with zero attached hydrogens (tertiary/aromatic N) is 2. The third-order valence-corrected chi connectivity index (χ3v) is 6.20. The van der Waals surface area contributed by atoms with E-state index in [0.29, 0.717) is 45.2 Å². The second-order valence-electron chi connectivity index (χ2n) is 6.70. The quantitative estimate of drug-likeness (QED) is 0.713. The Morgan fingerprint density at radius 1 is 1.29 bits per heavy atom. The maximum atomic E-state index is 12.8. The molecule has 1 amide bonds. The predicted octanol–water partition coefficient (Wildman–Crippen LogP) is 2.66. The number of carbonyl (C=O) groups is 1. The van der Waals surface area contributed by atoms with Crippen molar-refractivity contribution in [3.05, 3.63) is 50.4 Å². The van der Waals surface area contributed by atoms with E-state index in [9.17, 15) is 9.59 Å². The number of rotatable bonds is 5. The average molecular weight is 399 g/mol. The Kier molecular flexibility index (Phi) is 4.80. The molecule has 28 heavy (non-hydrogen) atoms. The Morgan fingerprint density at radius 2 is 2.07 bits per heavy atom. The van der Waals surface area contributed by atoms with E-state index in [1.165, 1.54) is 11.3 Å². The molecular weight excluding hydrogens is 378 g/mol. The highest BCUT2D eigenvalue weighted by atomic mass is 32.1. The van der Waals surface area contributed by atoms with Gasteiger partial charge in [0.2, 0.25) is 0 Å². The summed E-state index contributed by atoms with van der Waals surface area (Å²) in [6.07, 6.45) is 1.75. The van der Waals surface area contributed by atoms with Gasteiger partial charge in [-0.05, 0) is 36.6 Å². The lowest BCUT2D eigenvalue weighted by molar-refractivity contribution is 0.0954. The first-order valence-corrected chi connectivity index (χ1v) is 9.87. The number of fused-ring (bicyclic) bond motifs is 2. The average Bonchev–Trinajstić information content (AvgIpc) is 3.31. The van der Waals surface area contributed by atoms with E-state index in [1.54, 1.807) is 24.9 Å². The summed E-state index contributed by atoms with van der Waals surface area (Å²) in [5.74, 6) is 1.85. The third-order valence-electron chi connectivity index (χ3n) is 5.02. The number of hydrogen-bond donors (Lipinski definition) is 1. The van der Waals surface area contributed by atoms with Crippen LogP contribution in [0.15, 0.2) is 23.0 Å². The topological polar surface area (TPSA) is 82.5 Å². The fourth-order valence-electron chi connectivity index (χ4n) is 3.55. The number of methoxy groups -OCH3 is 2. The molecule has 1 aliphatic rings. The van der Waals surface area contributed by atoms with Crippen LogP contribution in [0.25, 0.3) is 10.2 Å². The maximum Gasteiger partial charge on any atom is 0.262 e. The second kappa shape index (κ2) is 7.27. The number of nitrogens with one attached hydrogen (secondary N) is 1. The van der Waals surface area contributed by atoms with Gasteiger partial charge >= 0.3 is 0 Å². The summed E-state index contributed by atoms with van der Waals surface area (Å²) in [4.78, 5) is 31.3. The molecule has 146 valence electrons. The predicted molar refractivity (Wildman–Crippen MR) is 108 cm³/mol. The number of ether oxygens (including phenoxy) is 2. The second-order valence-corrected chi connectivity index (χ2v) is 7.70. The maximum absolute atomic E-state index is 12.8. The van der Waals surface area contributed by atoms with Crippen molar-refractivity contribution in [2.45, 2.75) is 32.9 Å². The largest absolute Gasteiger partial charge is 0.493 e. The Hall–Kier alpha value is -2.87. The molecule has 1 N–H and O–H groups in total. The highest BCUT2D eigenvalue weighted by Crippen LogP contribution is 2.29. The van der Waals surface area contributed by atoms with Crippen molar-refractivity contribution in [2.75, 3.05) is 14.2 Å². The number of aromatic nitrogens is 2. The van der Waals surface area contributed by atoms with Crippen molar-refractivity contribution in [2.24, 2.45) is 0 Å². The van der Waals surface area contributed by atoms with Crippen molar-refractivity contribution < 1.29 is 14.3 Å². The van der Waals surface area contributed by atoms with Gasteiger partial charge in [0.05, 0.1) is 24.5 Å². The molecule has 0 radical (unpaired) electrons. The molecule has 3 aromatic rings. The summed E-state index contributed by atoms with van der Waals surface area (Å²) in [6, 6.07) is 5.50. The molecule has 2 aromatic heterocycles. The molecule has 1 aliphatic heterocycles. The summed E-state index contributed by atoms with van der Waals surface area (Å²) in [6.45, 7) is 2.86. The molecule has 0 saturated carbocycles. The van der Waals surface area contributed by atoms with Gasteiger partial charge in [-0.25, -0.2) is 4.98 Å². The molecule has 7 nitrogen and oxygen atoms in total. The monoisotopic (exact) mass is 399 g/mol. The first-order chi connectivity index (χ1) is 13.5. The molecule has 0 aliphatic carbocycles.